The molecule has 0 bridgehead atoms. The van der Waals surface area contributed by atoms with E-state index in [9.17, 15) is 4.39 Å². The molecule has 2 nitrogen and oxygen atoms in total. The van der Waals surface area contributed by atoms with Crippen molar-refractivity contribution in [3.05, 3.63) is 71.7 Å². The zero-order chi connectivity index (χ0) is 16.2. The van der Waals surface area contributed by atoms with E-state index in [1.54, 1.807) is 12.1 Å². The Morgan fingerprint density at radius 2 is 1.83 bits per heavy atom. The summed E-state index contributed by atoms with van der Waals surface area (Å²) in [4.78, 5) is 2.18. The van der Waals surface area contributed by atoms with E-state index in [-0.39, 0.29) is 5.82 Å². The molecule has 0 atom stereocenters. The van der Waals surface area contributed by atoms with Crippen LogP contribution < -0.4 is 0 Å². The van der Waals surface area contributed by atoms with Crippen LogP contribution in [0.3, 0.4) is 0 Å². The van der Waals surface area contributed by atoms with Crippen molar-refractivity contribution in [1.82, 2.24) is 9.47 Å². The summed E-state index contributed by atoms with van der Waals surface area (Å²) >= 11 is 0. The van der Waals surface area contributed by atoms with Gasteiger partial charge in [0.15, 0.2) is 0 Å². The minimum absolute atomic E-state index is 0.163. The topological polar surface area (TPSA) is 8.17 Å². The fourth-order valence-corrected chi connectivity index (χ4v) is 3.04. The average molecular weight is 310 g/mol. The van der Waals surface area contributed by atoms with Gasteiger partial charge >= 0.3 is 0 Å². The van der Waals surface area contributed by atoms with Gasteiger partial charge in [-0.05, 0) is 62.8 Å². The summed E-state index contributed by atoms with van der Waals surface area (Å²) in [5.41, 5.74) is 3.60. The quantitative estimate of drug-likeness (QED) is 0.658. The number of aryl methyl sites for hydroxylation is 1. The highest BCUT2D eigenvalue weighted by Gasteiger charge is 2.10. The fourth-order valence-electron chi connectivity index (χ4n) is 3.04. The standard InChI is InChI=1S/C20H23FN2/c1-22(2)12-6-9-17-15-23(14-16-7-4-3-5-8-16)20-11-10-18(21)13-19(17)20/h3-5,7-8,10-11,13,15H,6,9,12,14H2,1-2H3. The third-order valence-corrected chi connectivity index (χ3v) is 4.17. The monoisotopic (exact) mass is 310 g/mol. The fraction of sp³-hybridized carbons (Fsp3) is 0.300. The number of hydrogen-bond acceptors (Lipinski definition) is 1. The lowest BCUT2D eigenvalue weighted by molar-refractivity contribution is 0.400. The molecular formula is C20H23FN2. The van der Waals surface area contributed by atoms with Crippen molar-refractivity contribution in [2.75, 3.05) is 20.6 Å². The maximum atomic E-state index is 13.7. The normalized spacial score (nSPS) is 11.5. The smallest absolute Gasteiger partial charge is 0.123 e. The summed E-state index contributed by atoms with van der Waals surface area (Å²) in [6.07, 6.45) is 4.24. The first-order valence-corrected chi connectivity index (χ1v) is 8.09. The van der Waals surface area contributed by atoms with Gasteiger partial charge in [0.05, 0.1) is 0 Å². The lowest BCUT2D eigenvalue weighted by Gasteiger charge is -2.08. The first-order valence-electron chi connectivity index (χ1n) is 8.09. The molecule has 0 amide bonds. The summed E-state index contributed by atoms with van der Waals surface area (Å²) < 4.78 is 15.9. The van der Waals surface area contributed by atoms with E-state index in [2.05, 4.69) is 54.0 Å². The second-order valence-electron chi connectivity index (χ2n) is 6.34. The molecule has 0 saturated carbocycles. The predicted molar refractivity (Wildman–Crippen MR) is 94.3 cm³/mol. The molecule has 0 aliphatic rings. The number of rotatable bonds is 6. The summed E-state index contributed by atoms with van der Waals surface area (Å²) in [6, 6.07) is 15.5. The van der Waals surface area contributed by atoms with Gasteiger partial charge in [-0.1, -0.05) is 30.3 Å². The Morgan fingerprint density at radius 3 is 2.57 bits per heavy atom. The lowest BCUT2D eigenvalue weighted by atomic mass is 10.1. The second-order valence-corrected chi connectivity index (χ2v) is 6.34. The third-order valence-electron chi connectivity index (χ3n) is 4.17. The summed E-state index contributed by atoms with van der Waals surface area (Å²) in [6.45, 7) is 1.86. The van der Waals surface area contributed by atoms with Crippen LogP contribution in [-0.2, 0) is 13.0 Å². The number of benzene rings is 2. The van der Waals surface area contributed by atoms with Crippen LogP contribution in [-0.4, -0.2) is 30.1 Å². The highest BCUT2D eigenvalue weighted by Crippen LogP contribution is 2.24. The van der Waals surface area contributed by atoms with E-state index < -0.39 is 0 Å². The van der Waals surface area contributed by atoms with Gasteiger partial charge in [0.1, 0.15) is 5.82 Å². The van der Waals surface area contributed by atoms with Crippen molar-refractivity contribution < 1.29 is 4.39 Å². The molecule has 0 unspecified atom stereocenters. The van der Waals surface area contributed by atoms with Crippen LogP contribution >= 0.6 is 0 Å². The van der Waals surface area contributed by atoms with E-state index in [0.29, 0.717) is 0 Å². The third kappa shape index (κ3) is 3.80. The molecule has 0 fully saturated rings. The van der Waals surface area contributed by atoms with E-state index in [1.807, 2.05) is 12.1 Å². The van der Waals surface area contributed by atoms with Crippen LogP contribution in [0.4, 0.5) is 4.39 Å². The van der Waals surface area contributed by atoms with Crippen molar-refractivity contribution in [1.29, 1.82) is 0 Å². The van der Waals surface area contributed by atoms with E-state index >= 15 is 0 Å². The Balaban J connectivity index is 1.91. The Kier molecular flexibility index (Phi) is 4.77. The van der Waals surface area contributed by atoms with Crippen molar-refractivity contribution in [3.8, 4) is 0 Å². The highest BCUT2D eigenvalue weighted by atomic mass is 19.1. The van der Waals surface area contributed by atoms with Crippen LogP contribution in [0.15, 0.2) is 54.7 Å². The highest BCUT2D eigenvalue weighted by molar-refractivity contribution is 5.84. The molecule has 0 spiro atoms. The van der Waals surface area contributed by atoms with Gasteiger partial charge in [-0.3, -0.25) is 0 Å². The van der Waals surface area contributed by atoms with Crippen LogP contribution in [0, 0.1) is 5.82 Å². The van der Waals surface area contributed by atoms with Crippen LogP contribution in [0.1, 0.15) is 17.5 Å². The summed E-state index contributed by atoms with van der Waals surface area (Å²) in [5.74, 6) is -0.163. The molecule has 120 valence electrons. The van der Waals surface area contributed by atoms with Crippen LogP contribution in [0.5, 0.6) is 0 Å². The van der Waals surface area contributed by atoms with Gasteiger partial charge in [-0.2, -0.15) is 0 Å². The molecule has 1 heterocycles. The van der Waals surface area contributed by atoms with Gasteiger partial charge in [-0.15, -0.1) is 0 Å². The van der Waals surface area contributed by atoms with Crippen molar-refractivity contribution >= 4 is 10.9 Å². The predicted octanol–water partition coefficient (Wildman–Crippen LogP) is 4.32. The second kappa shape index (κ2) is 6.97. The Bertz CT molecular complexity index is 775. The van der Waals surface area contributed by atoms with Crippen LogP contribution in [0.2, 0.25) is 0 Å². The Labute approximate surface area is 137 Å². The van der Waals surface area contributed by atoms with Crippen molar-refractivity contribution in [2.45, 2.75) is 19.4 Å². The molecule has 0 aliphatic carbocycles. The maximum absolute atomic E-state index is 13.7. The number of halogens is 1. The van der Waals surface area contributed by atoms with E-state index in [1.165, 1.54) is 11.1 Å². The van der Waals surface area contributed by atoms with Gasteiger partial charge in [0, 0.05) is 23.6 Å². The molecule has 3 aromatic rings. The zero-order valence-corrected chi connectivity index (χ0v) is 13.8. The van der Waals surface area contributed by atoms with Gasteiger partial charge in [0.2, 0.25) is 0 Å². The molecular weight excluding hydrogens is 287 g/mol. The number of aromatic nitrogens is 1. The van der Waals surface area contributed by atoms with Crippen molar-refractivity contribution in [2.24, 2.45) is 0 Å². The molecule has 0 radical (unpaired) electrons. The first-order chi connectivity index (χ1) is 11.1. The molecule has 3 heteroatoms. The molecule has 0 saturated heterocycles. The minimum atomic E-state index is -0.163. The van der Waals surface area contributed by atoms with Gasteiger partial charge in [0.25, 0.3) is 0 Å². The van der Waals surface area contributed by atoms with E-state index in [4.69, 9.17) is 0 Å². The number of hydrogen-bond donors (Lipinski definition) is 0. The SMILES string of the molecule is CN(C)CCCc1cn(Cc2ccccc2)c2ccc(F)cc12. The number of fused-ring (bicyclic) bond motifs is 1. The largest absolute Gasteiger partial charge is 0.343 e. The Morgan fingerprint density at radius 1 is 1.04 bits per heavy atom. The van der Waals surface area contributed by atoms with Gasteiger partial charge < -0.3 is 9.47 Å². The van der Waals surface area contributed by atoms with Crippen molar-refractivity contribution in [3.63, 3.8) is 0 Å². The molecule has 3 rings (SSSR count). The minimum Gasteiger partial charge on any atom is -0.343 e. The molecule has 1 aromatic heterocycles. The molecule has 2 aromatic carbocycles. The molecule has 23 heavy (non-hydrogen) atoms. The average Bonchev–Trinajstić information content (AvgIpc) is 2.85. The summed E-state index contributed by atoms with van der Waals surface area (Å²) in [5, 5.41) is 1.04. The summed E-state index contributed by atoms with van der Waals surface area (Å²) in [7, 11) is 4.16. The first kappa shape index (κ1) is 15.8. The molecule has 0 N–H and O–H groups in total. The van der Waals surface area contributed by atoms with Gasteiger partial charge in [-0.25, -0.2) is 4.39 Å². The lowest BCUT2D eigenvalue weighted by Crippen LogP contribution is -2.13. The zero-order valence-electron chi connectivity index (χ0n) is 13.8. The van der Waals surface area contributed by atoms with E-state index in [0.717, 1.165) is 36.8 Å². The molecule has 0 aliphatic heterocycles. The Hall–Kier alpha value is -2.13. The van der Waals surface area contributed by atoms with Crippen LogP contribution in [0.25, 0.3) is 10.9 Å². The number of nitrogens with zero attached hydrogens (tertiary/aromatic N) is 2. The maximum Gasteiger partial charge on any atom is 0.123 e.